The molecule has 9 nitrogen and oxygen atoms in total. The molecule has 0 aliphatic carbocycles. The van der Waals surface area contributed by atoms with Gasteiger partial charge in [0.05, 0.1) is 22.7 Å². The molecule has 0 spiro atoms. The fourth-order valence-corrected chi connectivity index (χ4v) is 4.88. The highest BCUT2D eigenvalue weighted by Gasteiger charge is 2.41. The van der Waals surface area contributed by atoms with Crippen LogP contribution >= 0.6 is 12.2 Å². The highest BCUT2D eigenvalue weighted by atomic mass is 32.1. The Morgan fingerprint density at radius 2 is 1.84 bits per heavy atom. The monoisotopic (exact) mass is 530 g/mol. The van der Waals surface area contributed by atoms with Gasteiger partial charge in [0.15, 0.2) is 5.11 Å². The summed E-state index contributed by atoms with van der Waals surface area (Å²) in [6, 6.07) is 20.8. The fraction of sp³-hybridized carbons (Fsp3) is 0.148. The summed E-state index contributed by atoms with van der Waals surface area (Å²) in [6.07, 6.45) is 3.74. The minimum atomic E-state index is -0.435. The van der Waals surface area contributed by atoms with Gasteiger partial charge in [-0.1, -0.05) is 6.07 Å². The molecule has 11 heteroatoms. The van der Waals surface area contributed by atoms with Gasteiger partial charge < -0.3 is 20.1 Å². The minimum absolute atomic E-state index is 0.00585. The van der Waals surface area contributed by atoms with E-state index in [2.05, 4.69) is 15.6 Å². The summed E-state index contributed by atoms with van der Waals surface area (Å²) in [5.74, 6) is -0.610. The van der Waals surface area contributed by atoms with Gasteiger partial charge in [0.25, 0.3) is 5.69 Å². The van der Waals surface area contributed by atoms with Crippen LogP contribution in [-0.4, -0.2) is 36.9 Å². The van der Waals surface area contributed by atoms with E-state index in [0.29, 0.717) is 17.3 Å². The summed E-state index contributed by atoms with van der Waals surface area (Å²) >= 11 is 5.70. The Kier molecular flexibility index (Phi) is 7.09. The molecule has 2 aromatic carbocycles. The number of pyridine rings is 1. The Labute approximate surface area is 223 Å². The molecule has 0 saturated carbocycles. The summed E-state index contributed by atoms with van der Waals surface area (Å²) in [7, 11) is 0. The third kappa shape index (κ3) is 5.23. The van der Waals surface area contributed by atoms with E-state index in [1.165, 1.54) is 36.4 Å². The molecule has 2 N–H and O–H groups in total. The van der Waals surface area contributed by atoms with E-state index in [1.807, 2.05) is 46.0 Å². The number of thiocarbonyl (C=S) groups is 1. The van der Waals surface area contributed by atoms with Crippen LogP contribution in [0.15, 0.2) is 91.3 Å². The van der Waals surface area contributed by atoms with Crippen LogP contribution in [0, 0.1) is 15.9 Å². The number of nitrogens with one attached hydrogen (secondary N) is 2. The molecule has 38 heavy (non-hydrogen) atoms. The number of anilines is 1. The second-order valence-electron chi connectivity index (χ2n) is 8.70. The van der Waals surface area contributed by atoms with E-state index in [1.54, 1.807) is 18.3 Å². The van der Waals surface area contributed by atoms with Gasteiger partial charge >= 0.3 is 0 Å². The highest BCUT2D eigenvalue weighted by molar-refractivity contribution is 7.80. The second-order valence-corrected chi connectivity index (χ2v) is 9.09. The van der Waals surface area contributed by atoms with E-state index >= 15 is 0 Å². The summed E-state index contributed by atoms with van der Waals surface area (Å²) in [5, 5.41) is 17.8. The van der Waals surface area contributed by atoms with Gasteiger partial charge in [-0.15, -0.1) is 0 Å². The number of nitro benzene ring substituents is 1. The average Bonchev–Trinajstić information content (AvgIpc) is 3.53. The first-order valence-electron chi connectivity index (χ1n) is 11.9. The Morgan fingerprint density at radius 1 is 1.08 bits per heavy atom. The van der Waals surface area contributed by atoms with Crippen LogP contribution in [0.4, 0.5) is 15.8 Å². The SMILES string of the molecule is O=C(CCN1C(=S)N[C@@H](c2ccccn2)[C@H]1c1cccn1-c1ccc([N+](=O)[O-])cc1)Nc1ccc(F)cc1. The number of hydrogen-bond acceptors (Lipinski definition) is 5. The molecule has 3 heterocycles. The summed E-state index contributed by atoms with van der Waals surface area (Å²) in [4.78, 5) is 29.9. The van der Waals surface area contributed by atoms with Gasteiger partial charge in [-0.05, 0) is 72.9 Å². The largest absolute Gasteiger partial charge is 0.352 e. The number of hydrogen-bond donors (Lipinski definition) is 2. The molecule has 0 bridgehead atoms. The van der Waals surface area contributed by atoms with Crippen molar-refractivity contribution in [3.8, 4) is 5.69 Å². The van der Waals surface area contributed by atoms with Gasteiger partial charge in [-0.2, -0.15) is 0 Å². The molecule has 1 aliphatic heterocycles. The van der Waals surface area contributed by atoms with E-state index < -0.39 is 4.92 Å². The zero-order valence-electron chi connectivity index (χ0n) is 20.0. The third-order valence-corrected chi connectivity index (χ3v) is 6.68. The van der Waals surface area contributed by atoms with E-state index in [4.69, 9.17) is 12.2 Å². The van der Waals surface area contributed by atoms with Crippen LogP contribution in [0.1, 0.15) is 29.9 Å². The number of carbonyl (C=O) groups excluding carboxylic acids is 1. The standard InChI is InChI=1S/C27H23FN6O3S/c28-18-6-8-19(9-7-18)30-24(35)14-17-33-26(25(31-27(33)38)22-4-1-2-15-29-22)23-5-3-16-32(23)20-10-12-21(13-11-20)34(36)37/h1-13,15-16,25-26H,14,17H2,(H,30,35)(H,31,38)/t25-,26+/m0/s1. The zero-order chi connectivity index (χ0) is 26.6. The van der Waals surface area contributed by atoms with E-state index in [-0.39, 0.29) is 35.9 Å². The Bertz CT molecular complexity index is 1460. The van der Waals surface area contributed by atoms with Gasteiger partial charge in [0.2, 0.25) is 5.91 Å². The molecule has 192 valence electrons. The smallest absolute Gasteiger partial charge is 0.269 e. The Hall–Kier alpha value is -4.64. The quantitative estimate of drug-likeness (QED) is 0.189. The molecule has 4 aromatic rings. The molecule has 1 fully saturated rings. The molecule has 2 atom stereocenters. The van der Waals surface area contributed by atoms with Crippen LogP contribution < -0.4 is 10.6 Å². The number of aromatic nitrogens is 2. The average molecular weight is 531 g/mol. The molecule has 0 unspecified atom stereocenters. The van der Waals surface area contributed by atoms with Crippen molar-refractivity contribution in [1.82, 2.24) is 19.8 Å². The third-order valence-electron chi connectivity index (χ3n) is 6.33. The lowest BCUT2D eigenvalue weighted by atomic mass is 10.0. The minimum Gasteiger partial charge on any atom is -0.352 e. The number of benzene rings is 2. The number of rotatable bonds is 8. The molecule has 1 aliphatic rings. The van der Waals surface area contributed by atoms with Crippen molar-refractivity contribution in [2.75, 3.05) is 11.9 Å². The summed E-state index contributed by atoms with van der Waals surface area (Å²) in [6.45, 7) is 0.318. The van der Waals surface area contributed by atoms with E-state index in [9.17, 15) is 19.3 Å². The van der Waals surface area contributed by atoms with Crippen molar-refractivity contribution < 1.29 is 14.1 Å². The predicted octanol–water partition coefficient (Wildman–Crippen LogP) is 4.92. The predicted molar refractivity (Wildman–Crippen MR) is 144 cm³/mol. The van der Waals surface area contributed by atoms with Crippen LogP contribution in [-0.2, 0) is 4.79 Å². The molecule has 5 rings (SSSR count). The summed E-state index contributed by atoms with van der Waals surface area (Å²) < 4.78 is 15.2. The van der Waals surface area contributed by atoms with Crippen molar-refractivity contribution in [3.05, 3.63) is 119 Å². The maximum Gasteiger partial charge on any atom is 0.269 e. The van der Waals surface area contributed by atoms with Crippen LogP contribution in [0.3, 0.4) is 0 Å². The number of nitro groups is 1. The zero-order valence-corrected chi connectivity index (χ0v) is 20.8. The Morgan fingerprint density at radius 3 is 2.53 bits per heavy atom. The highest BCUT2D eigenvalue weighted by Crippen LogP contribution is 2.39. The first kappa shape index (κ1) is 25.0. The van der Waals surface area contributed by atoms with Crippen LogP contribution in [0.25, 0.3) is 5.69 Å². The molecule has 2 aromatic heterocycles. The number of non-ortho nitro benzene ring substituents is 1. The van der Waals surface area contributed by atoms with Crippen molar-refractivity contribution >= 4 is 34.6 Å². The lowest BCUT2D eigenvalue weighted by Crippen LogP contribution is -2.33. The summed E-state index contributed by atoms with van der Waals surface area (Å²) in [5.41, 5.74) is 2.93. The van der Waals surface area contributed by atoms with Crippen molar-refractivity contribution in [1.29, 1.82) is 0 Å². The molecular weight excluding hydrogens is 507 g/mol. The molecular formula is C27H23FN6O3S. The molecule has 0 radical (unpaired) electrons. The first-order valence-corrected chi connectivity index (χ1v) is 12.3. The Balaban J connectivity index is 1.43. The number of carbonyl (C=O) groups is 1. The lowest BCUT2D eigenvalue weighted by Gasteiger charge is -2.28. The van der Waals surface area contributed by atoms with Gasteiger partial charge in [0, 0.05) is 54.6 Å². The van der Waals surface area contributed by atoms with Crippen LogP contribution in [0.2, 0.25) is 0 Å². The van der Waals surface area contributed by atoms with Gasteiger partial charge in [-0.25, -0.2) is 4.39 Å². The second kappa shape index (κ2) is 10.8. The normalized spacial score (nSPS) is 16.8. The van der Waals surface area contributed by atoms with Crippen molar-refractivity contribution in [2.24, 2.45) is 0 Å². The number of halogens is 1. The number of nitrogens with zero attached hydrogens (tertiary/aromatic N) is 4. The maximum absolute atomic E-state index is 13.2. The van der Waals surface area contributed by atoms with Gasteiger partial charge in [0.1, 0.15) is 5.82 Å². The molecule has 1 amide bonds. The first-order chi connectivity index (χ1) is 18.4. The topological polar surface area (TPSA) is 105 Å². The van der Waals surface area contributed by atoms with Crippen LogP contribution in [0.5, 0.6) is 0 Å². The van der Waals surface area contributed by atoms with Crippen molar-refractivity contribution in [2.45, 2.75) is 18.5 Å². The number of amides is 1. The fourth-order valence-electron chi connectivity index (χ4n) is 4.55. The molecule has 1 saturated heterocycles. The van der Waals surface area contributed by atoms with Gasteiger partial charge in [-0.3, -0.25) is 19.9 Å². The van der Waals surface area contributed by atoms with Crippen molar-refractivity contribution in [3.63, 3.8) is 0 Å². The maximum atomic E-state index is 13.2. The lowest BCUT2D eigenvalue weighted by molar-refractivity contribution is -0.384. The van der Waals surface area contributed by atoms with E-state index in [0.717, 1.165) is 17.1 Å².